The summed E-state index contributed by atoms with van der Waals surface area (Å²) in [6.45, 7) is 1.13. The molecule has 5 rings (SSSR count). The monoisotopic (exact) mass is 494 g/mol. The molecule has 34 heavy (non-hydrogen) atoms. The third-order valence-electron chi connectivity index (χ3n) is 6.36. The molecule has 176 valence electrons. The van der Waals surface area contributed by atoms with Gasteiger partial charge in [-0.15, -0.1) is 11.3 Å². The molecule has 9 heteroatoms. The highest BCUT2D eigenvalue weighted by atomic mass is 32.2. The zero-order valence-electron chi connectivity index (χ0n) is 18.8. The molecule has 2 aromatic heterocycles. The fourth-order valence-electron chi connectivity index (χ4n) is 4.65. The molecule has 0 radical (unpaired) electrons. The van der Waals surface area contributed by atoms with E-state index < -0.39 is 0 Å². The number of ether oxygens (including phenoxy) is 1. The smallest absolute Gasteiger partial charge is 0.262 e. The first kappa shape index (κ1) is 23.1. The van der Waals surface area contributed by atoms with Crippen molar-refractivity contribution in [2.45, 2.75) is 62.8 Å². The molecule has 0 bridgehead atoms. The largest absolute Gasteiger partial charge is 0.376 e. The highest BCUT2D eigenvalue weighted by Gasteiger charge is 2.23. The molecular formula is C25H26N4O3S2. The molecule has 3 aromatic rings. The number of nitrogens with zero attached hydrogens (tertiary/aromatic N) is 3. The highest BCUT2D eigenvalue weighted by molar-refractivity contribution is 7.99. The number of carbonyl (C=O) groups is 1. The third kappa shape index (κ3) is 4.76. The van der Waals surface area contributed by atoms with Crippen LogP contribution in [0.2, 0.25) is 0 Å². The molecule has 1 amide bonds. The van der Waals surface area contributed by atoms with Crippen molar-refractivity contribution in [1.29, 1.82) is 5.26 Å². The first-order valence-corrected chi connectivity index (χ1v) is 13.5. The molecule has 0 saturated carbocycles. The van der Waals surface area contributed by atoms with Crippen LogP contribution in [0.25, 0.3) is 10.9 Å². The van der Waals surface area contributed by atoms with Gasteiger partial charge in [-0.1, -0.05) is 30.3 Å². The van der Waals surface area contributed by atoms with Crippen LogP contribution in [0.1, 0.15) is 48.1 Å². The number of rotatable bonds is 6. The Kier molecular flexibility index (Phi) is 6.99. The molecule has 1 aromatic carbocycles. The van der Waals surface area contributed by atoms with Crippen molar-refractivity contribution in [3.63, 3.8) is 0 Å². The Bertz CT molecular complexity index is 1320. The maximum Gasteiger partial charge on any atom is 0.262 e. The van der Waals surface area contributed by atoms with Crippen LogP contribution in [0, 0.1) is 11.3 Å². The maximum absolute atomic E-state index is 13.2. The van der Waals surface area contributed by atoms with E-state index in [1.165, 1.54) is 34.4 Å². The molecule has 0 spiro atoms. The molecule has 1 saturated heterocycles. The lowest BCUT2D eigenvalue weighted by atomic mass is 10.1. The Morgan fingerprint density at radius 1 is 1.26 bits per heavy atom. The highest BCUT2D eigenvalue weighted by Crippen LogP contribution is 2.37. The number of benzene rings is 1. The van der Waals surface area contributed by atoms with Crippen LogP contribution >= 0.6 is 23.1 Å². The SMILES string of the molecule is N#Cc1c(NC(=O)CSc2nc3ccccc3c(=O)n2CC2CCCO2)sc2c1CCCCC2. The summed E-state index contributed by atoms with van der Waals surface area (Å²) < 4.78 is 7.40. The molecular weight excluding hydrogens is 468 g/mol. The first-order valence-electron chi connectivity index (χ1n) is 11.7. The van der Waals surface area contributed by atoms with Gasteiger partial charge in [0.05, 0.1) is 34.9 Å². The van der Waals surface area contributed by atoms with Gasteiger partial charge in [0.25, 0.3) is 5.56 Å². The van der Waals surface area contributed by atoms with Gasteiger partial charge in [0, 0.05) is 11.5 Å². The summed E-state index contributed by atoms with van der Waals surface area (Å²) in [5.74, 6) is -0.104. The summed E-state index contributed by atoms with van der Waals surface area (Å²) >= 11 is 2.77. The summed E-state index contributed by atoms with van der Waals surface area (Å²) in [7, 11) is 0. The molecule has 7 nitrogen and oxygen atoms in total. The molecule has 1 aliphatic heterocycles. The molecule has 2 aliphatic rings. The van der Waals surface area contributed by atoms with E-state index in [2.05, 4.69) is 11.4 Å². The van der Waals surface area contributed by atoms with E-state index in [1.54, 1.807) is 10.6 Å². The predicted molar refractivity (Wildman–Crippen MR) is 135 cm³/mol. The number of hydrogen-bond acceptors (Lipinski definition) is 7. The van der Waals surface area contributed by atoms with Crippen LogP contribution in [0.15, 0.2) is 34.2 Å². The Balaban J connectivity index is 1.36. The number of aryl methyl sites for hydroxylation is 1. The van der Waals surface area contributed by atoms with E-state index in [1.807, 2.05) is 18.2 Å². The lowest BCUT2D eigenvalue weighted by Gasteiger charge is -2.16. The van der Waals surface area contributed by atoms with Crippen LogP contribution < -0.4 is 10.9 Å². The fraction of sp³-hybridized carbons (Fsp3) is 0.440. The first-order chi connectivity index (χ1) is 16.6. The minimum Gasteiger partial charge on any atom is -0.376 e. The number of nitrogens with one attached hydrogen (secondary N) is 1. The number of fused-ring (bicyclic) bond motifs is 2. The Morgan fingerprint density at radius 2 is 2.12 bits per heavy atom. The Morgan fingerprint density at radius 3 is 2.94 bits per heavy atom. The van der Waals surface area contributed by atoms with Gasteiger partial charge in [-0.2, -0.15) is 5.26 Å². The van der Waals surface area contributed by atoms with E-state index in [4.69, 9.17) is 9.72 Å². The molecule has 1 N–H and O–H groups in total. The van der Waals surface area contributed by atoms with E-state index in [0.29, 0.717) is 39.8 Å². The zero-order chi connectivity index (χ0) is 23.5. The van der Waals surface area contributed by atoms with Gasteiger partial charge in [-0.25, -0.2) is 4.98 Å². The summed E-state index contributed by atoms with van der Waals surface area (Å²) in [5.41, 5.74) is 2.22. The number of hydrogen-bond donors (Lipinski definition) is 1. The average Bonchev–Trinajstić information content (AvgIpc) is 3.41. The van der Waals surface area contributed by atoms with Gasteiger partial charge < -0.3 is 10.1 Å². The van der Waals surface area contributed by atoms with Crippen LogP contribution in [-0.2, 0) is 28.9 Å². The number of nitriles is 1. The van der Waals surface area contributed by atoms with E-state index in [-0.39, 0.29) is 23.3 Å². The summed E-state index contributed by atoms with van der Waals surface area (Å²) in [4.78, 5) is 32.0. The molecule has 3 heterocycles. The van der Waals surface area contributed by atoms with Crippen LogP contribution in [0.4, 0.5) is 5.00 Å². The number of thioether (sulfide) groups is 1. The van der Waals surface area contributed by atoms with Crippen LogP contribution in [0.5, 0.6) is 0 Å². The normalized spacial score (nSPS) is 17.8. The summed E-state index contributed by atoms with van der Waals surface area (Å²) in [6.07, 6.45) is 7.12. The fourth-order valence-corrected chi connectivity index (χ4v) is 6.72. The minimum absolute atomic E-state index is 0.0199. The molecule has 1 fully saturated rings. The van der Waals surface area contributed by atoms with E-state index in [9.17, 15) is 14.9 Å². The minimum atomic E-state index is -0.205. The standard InChI is InChI=1S/C25H26N4O3S2/c26-13-19-17-8-2-1-3-11-21(17)34-23(19)28-22(30)15-33-25-27-20-10-5-4-9-18(20)24(31)29(25)14-16-7-6-12-32-16/h4-5,9-10,16H,1-3,6-8,11-12,14-15H2,(H,28,30). The van der Waals surface area contributed by atoms with E-state index >= 15 is 0 Å². The average molecular weight is 495 g/mol. The molecule has 1 atom stereocenters. The van der Waals surface area contributed by atoms with Crippen molar-refractivity contribution in [3.05, 3.63) is 50.6 Å². The van der Waals surface area contributed by atoms with Gasteiger partial charge in [0.1, 0.15) is 11.1 Å². The maximum atomic E-state index is 13.2. The lowest BCUT2D eigenvalue weighted by Crippen LogP contribution is -2.29. The second-order valence-electron chi connectivity index (χ2n) is 8.68. The number of amides is 1. The quantitative estimate of drug-likeness (QED) is 0.308. The van der Waals surface area contributed by atoms with E-state index in [0.717, 1.165) is 44.1 Å². The van der Waals surface area contributed by atoms with Gasteiger partial charge in [-0.3, -0.25) is 14.2 Å². The summed E-state index contributed by atoms with van der Waals surface area (Å²) in [6, 6.07) is 9.58. The third-order valence-corrected chi connectivity index (χ3v) is 8.54. The Hall–Kier alpha value is -2.67. The van der Waals surface area contributed by atoms with Crippen LogP contribution in [0.3, 0.4) is 0 Å². The number of aromatic nitrogens is 2. The van der Waals surface area contributed by atoms with Crippen molar-refractivity contribution < 1.29 is 9.53 Å². The van der Waals surface area contributed by atoms with Gasteiger partial charge in [0.2, 0.25) is 5.91 Å². The van der Waals surface area contributed by atoms with Gasteiger partial charge >= 0.3 is 0 Å². The zero-order valence-corrected chi connectivity index (χ0v) is 20.5. The van der Waals surface area contributed by atoms with Crippen molar-refractivity contribution in [2.24, 2.45) is 0 Å². The number of carbonyl (C=O) groups excluding carboxylic acids is 1. The van der Waals surface area contributed by atoms with Crippen molar-refractivity contribution >= 4 is 44.9 Å². The van der Waals surface area contributed by atoms with Crippen LogP contribution in [-0.4, -0.2) is 33.9 Å². The number of thiophene rings is 1. The van der Waals surface area contributed by atoms with Crippen molar-refractivity contribution in [1.82, 2.24) is 9.55 Å². The van der Waals surface area contributed by atoms with Gasteiger partial charge in [0.15, 0.2) is 5.16 Å². The number of anilines is 1. The van der Waals surface area contributed by atoms with Gasteiger partial charge in [-0.05, 0) is 56.2 Å². The second kappa shape index (κ2) is 10.3. The second-order valence-corrected chi connectivity index (χ2v) is 10.7. The summed E-state index contributed by atoms with van der Waals surface area (Å²) in [5, 5.41) is 14.4. The van der Waals surface area contributed by atoms with Crippen molar-refractivity contribution in [3.8, 4) is 6.07 Å². The predicted octanol–water partition coefficient (Wildman–Crippen LogP) is 4.51. The topological polar surface area (TPSA) is 97.0 Å². The van der Waals surface area contributed by atoms with Crippen molar-refractivity contribution in [2.75, 3.05) is 17.7 Å². The molecule has 1 unspecified atom stereocenters. The lowest BCUT2D eigenvalue weighted by molar-refractivity contribution is -0.113. The Labute approximate surface area is 206 Å². The molecule has 1 aliphatic carbocycles. The number of para-hydroxylation sites is 1.